The van der Waals surface area contributed by atoms with Crippen LogP contribution in [0.2, 0.25) is 0 Å². The van der Waals surface area contributed by atoms with Gasteiger partial charge in [0.15, 0.2) is 0 Å². The highest BCUT2D eigenvalue weighted by atomic mass is 16.3. The Kier molecular flexibility index (Phi) is 8.15. The number of fused-ring (bicyclic) bond motifs is 11. The van der Waals surface area contributed by atoms with Gasteiger partial charge < -0.3 is 28.4 Å². The molecule has 0 saturated carbocycles. The van der Waals surface area contributed by atoms with E-state index in [4.69, 9.17) is 8.83 Å². The number of hydrogen-bond donors (Lipinski definition) is 0. The van der Waals surface area contributed by atoms with Gasteiger partial charge in [-0.15, -0.1) is 0 Å². The molecule has 0 bridgehead atoms. The third-order valence-electron chi connectivity index (χ3n) is 13.9. The molecular formula is C62H44N4O2. The number of rotatable bonds is 4. The van der Waals surface area contributed by atoms with Crippen LogP contribution in [0.1, 0.15) is 22.3 Å². The molecule has 0 atom stereocenters. The van der Waals surface area contributed by atoms with E-state index >= 15 is 0 Å². The summed E-state index contributed by atoms with van der Waals surface area (Å²) in [7, 11) is 0. The van der Waals surface area contributed by atoms with Crippen molar-refractivity contribution in [1.82, 2.24) is 0 Å². The first-order chi connectivity index (χ1) is 33.3. The SMILES string of the molecule is Cc1cc(C)cc(N2c3ccccc3N(c3ccc4cc(N5c6ccccc6N(c6cc(C)cc(C)c6)c6cc7c(cc65)oc5ccccc57)ccc4c3)c3cc4oc5ccccc5c4cc32)c1. The van der Waals surface area contributed by atoms with E-state index < -0.39 is 0 Å². The predicted octanol–water partition coefficient (Wildman–Crippen LogP) is 18.4. The molecule has 4 heterocycles. The average molecular weight is 877 g/mol. The first-order valence-electron chi connectivity index (χ1n) is 23.3. The van der Waals surface area contributed by atoms with E-state index in [-0.39, 0.29) is 0 Å². The molecule has 0 unspecified atom stereocenters. The molecule has 324 valence electrons. The number of furan rings is 2. The molecule has 2 aliphatic heterocycles. The van der Waals surface area contributed by atoms with Crippen molar-refractivity contribution < 1.29 is 8.83 Å². The Balaban J connectivity index is 0.942. The van der Waals surface area contributed by atoms with Crippen LogP contribution in [0.3, 0.4) is 0 Å². The normalized spacial score (nSPS) is 13.2. The number of anilines is 12. The van der Waals surface area contributed by atoms with E-state index in [2.05, 4.69) is 229 Å². The van der Waals surface area contributed by atoms with Gasteiger partial charge in [0.05, 0.1) is 45.5 Å². The number of aryl methyl sites for hydroxylation is 4. The molecule has 0 N–H and O–H groups in total. The van der Waals surface area contributed by atoms with Crippen LogP contribution in [0.15, 0.2) is 203 Å². The van der Waals surface area contributed by atoms with Crippen molar-refractivity contribution in [1.29, 1.82) is 0 Å². The van der Waals surface area contributed by atoms with Gasteiger partial charge >= 0.3 is 0 Å². The molecule has 0 radical (unpaired) electrons. The first kappa shape index (κ1) is 38.5. The summed E-state index contributed by atoms with van der Waals surface area (Å²) < 4.78 is 13.2. The van der Waals surface area contributed by atoms with Crippen LogP contribution in [0.25, 0.3) is 54.6 Å². The van der Waals surface area contributed by atoms with E-state index in [9.17, 15) is 0 Å². The van der Waals surface area contributed by atoms with Crippen LogP contribution in [0.5, 0.6) is 0 Å². The zero-order valence-corrected chi connectivity index (χ0v) is 38.1. The summed E-state index contributed by atoms with van der Waals surface area (Å²) in [5.74, 6) is 0. The van der Waals surface area contributed by atoms with Gasteiger partial charge in [-0.05, 0) is 158 Å². The number of hydrogen-bond acceptors (Lipinski definition) is 6. The average Bonchev–Trinajstić information content (AvgIpc) is 3.89. The molecule has 68 heavy (non-hydrogen) atoms. The van der Waals surface area contributed by atoms with Crippen LogP contribution in [-0.4, -0.2) is 0 Å². The van der Waals surface area contributed by atoms with Crippen LogP contribution in [-0.2, 0) is 0 Å². The second kappa shape index (κ2) is 14.4. The van der Waals surface area contributed by atoms with Gasteiger partial charge in [-0.2, -0.15) is 0 Å². The third kappa shape index (κ3) is 5.77. The Labute approximate surface area is 393 Å². The number of para-hydroxylation sites is 6. The number of benzene rings is 10. The third-order valence-corrected chi connectivity index (χ3v) is 13.9. The van der Waals surface area contributed by atoms with Gasteiger partial charge in [0, 0.05) is 56.4 Å². The molecule has 6 heteroatoms. The van der Waals surface area contributed by atoms with Crippen LogP contribution in [0.4, 0.5) is 68.2 Å². The molecule has 2 aromatic heterocycles. The molecule has 10 aromatic carbocycles. The van der Waals surface area contributed by atoms with E-state index in [1.165, 1.54) is 22.3 Å². The molecule has 14 rings (SSSR count). The maximum Gasteiger partial charge on any atom is 0.137 e. The Morgan fingerprint density at radius 3 is 0.985 bits per heavy atom. The lowest BCUT2D eigenvalue weighted by Gasteiger charge is -2.41. The highest BCUT2D eigenvalue weighted by molar-refractivity contribution is 6.14. The lowest BCUT2D eigenvalue weighted by atomic mass is 9.99. The van der Waals surface area contributed by atoms with Crippen molar-refractivity contribution >= 4 is 123 Å². The van der Waals surface area contributed by atoms with Crippen molar-refractivity contribution in [3.05, 3.63) is 216 Å². The summed E-state index contributed by atoms with van der Waals surface area (Å²) in [6, 6.07) is 70.6. The summed E-state index contributed by atoms with van der Waals surface area (Å²) in [5.41, 5.74) is 21.5. The fraction of sp³-hybridized carbons (Fsp3) is 0.0645. The first-order valence-corrected chi connectivity index (χ1v) is 23.3. The number of nitrogens with zero attached hydrogens (tertiary/aromatic N) is 4. The highest BCUT2D eigenvalue weighted by Gasteiger charge is 2.34. The molecule has 2 aliphatic rings. The Hall–Kier alpha value is -8.74. The summed E-state index contributed by atoms with van der Waals surface area (Å²) in [4.78, 5) is 9.65. The summed E-state index contributed by atoms with van der Waals surface area (Å²) in [5, 5.41) is 6.69. The largest absolute Gasteiger partial charge is 0.456 e. The van der Waals surface area contributed by atoms with E-state index in [0.717, 1.165) is 123 Å². The van der Waals surface area contributed by atoms with Gasteiger partial charge in [0.25, 0.3) is 0 Å². The molecule has 0 fully saturated rings. The Morgan fingerprint density at radius 1 is 0.250 bits per heavy atom. The van der Waals surface area contributed by atoms with Crippen LogP contribution < -0.4 is 19.6 Å². The fourth-order valence-corrected chi connectivity index (χ4v) is 11.2. The molecule has 0 amide bonds. The van der Waals surface area contributed by atoms with E-state index in [0.29, 0.717) is 0 Å². The minimum Gasteiger partial charge on any atom is -0.456 e. The molecule has 0 saturated heterocycles. The smallest absolute Gasteiger partial charge is 0.137 e. The Morgan fingerprint density at radius 2 is 0.588 bits per heavy atom. The monoisotopic (exact) mass is 876 g/mol. The maximum atomic E-state index is 6.58. The minimum absolute atomic E-state index is 0.859. The topological polar surface area (TPSA) is 39.2 Å². The van der Waals surface area contributed by atoms with Crippen molar-refractivity contribution in [2.24, 2.45) is 0 Å². The summed E-state index contributed by atoms with van der Waals surface area (Å²) >= 11 is 0. The fourth-order valence-electron chi connectivity index (χ4n) is 11.2. The lowest BCUT2D eigenvalue weighted by Crippen LogP contribution is -2.24. The minimum atomic E-state index is 0.859. The summed E-state index contributed by atoms with van der Waals surface area (Å²) in [6.07, 6.45) is 0. The molecule has 0 aliphatic carbocycles. The van der Waals surface area contributed by atoms with Gasteiger partial charge in [-0.3, -0.25) is 0 Å². The highest BCUT2D eigenvalue weighted by Crippen LogP contribution is 2.58. The van der Waals surface area contributed by atoms with Gasteiger partial charge in [0.1, 0.15) is 22.3 Å². The Bertz CT molecular complexity index is 3780. The lowest BCUT2D eigenvalue weighted by molar-refractivity contribution is 0.668. The van der Waals surface area contributed by atoms with Gasteiger partial charge in [-0.25, -0.2) is 0 Å². The quantitative estimate of drug-likeness (QED) is 0.175. The van der Waals surface area contributed by atoms with Crippen molar-refractivity contribution in [3.8, 4) is 0 Å². The second-order valence-electron chi connectivity index (χ2n) is 18.6. The molecule has 0 spiro atoms. The van der Waals surface area contributed by atoms with E-state index in [1.807, 2.05) is 12.1 Å². The molecule has 12 aromatic rings. The summed E-state index contributed by atoms with van der Waals surface area (Å²) in [6.45, 7) is 8.71. The van der Waals surface area contributed by atoms with Crippen LogP contribution >= 0.6 is 0 Å². The van der Waals surface area contributed by atoms with Gasteiger partial charge in [0.2, 0.25) is 0 Å². The van der Waals surface area contributed by atoms with Crippen molar-refractivity contribution in [3.63, 3.8) is 0 Å². The van der Waals surface area contributed by atoms with Crippen LogP contribution in [0, 0.1) is 27.7 Å². The zero-order chi connectivity index (χ0) is 45.4. The molecule has 6 nitrogen and oxygen atoms in total. The van der Waals surface area contributed by atoms with Gasteiger partial charge in [-0.1, -0.05) is 84.9 Å². The maximum absolute atomic E-state index is 6.58. The van der Waals surface area contributed by atoms with Crippen molar-refractivity contribution in [2.75, 3.05) is 19.6 Å². The predicted molar refractivity (Wildman–Crippen MR) is 283 cm³/mol. The molecular weight excluding hydrogens is 833 g/mol. The second-order valence-corrected chi connectivity index (χ2v) is 18.6. The van der Waals surface area contributed by atoms with Crippen molar-refractivity contribution in [2.45, 2.75) is 27.7 Å². The zero-order valence-electron chi connectivity index (χ0n) is 38.1. The standard InChI is InChI=1S/C62H44N4O2/c1-37-25-38(2)28-45(27-37)65-53-17-9-7-15-51(53)63(57-35-61-49(33-55(57)65)47-13-5-11-19-59(47)67-61)43-23-21-42-32-44(24-22-41(42)31-43)64-52-16-8-10-18-54(52)66(46-29-39(3)26-40(4)30-46)56-34-50-48-14-6-12-20-60(48)68-62(50)36-58(56)64/h5-36H,1-4H3. The van der Waals surface area contributed by atoms with E-state index in [1.54, 1.807) is 0 Å².